The van der Waals surface area contributed by atoms with E-state index in [2.05, 4.69) is 15.6 Å². The van der Waals surface area contributed by atoms with E-state index < -0.39 is 0 Å². The van der Waals surface area contributed by atoms with E-state index in [1.54, 1.807) is 10.9 Å². The van der Waals surface area contributed by atoms with Gasteiger partial charge in [-0.2, -0.15) is 0 Å². The number of nitrogens with zero attached hydrogens (tertiary/aromatic N) is 4. The largest absolute Gasteiger partial charge is 0.335 e. The van der Waals surface area contributed by atoms with Crippen molar-refractivity contribution in [2.75, 3.05) is 26.2 Å². The molecule has 0 spiro atoms. The van der Waals surface area contributed by atoms with Crippen LogP contribution in [0.25, 0.3) is 0 Å². The highest BCUT2D eigenvalue weighted by Gasteiger charge is 2.20. The zero-order valence-corrected chi connectivity index (χ0v) is 11.2. The van der Waals surface area contributed by atoms with Crippen molar-refractivity contribution in [1.29, 1.82) is 0 Å². The van der Waals surface area contributed by atoms with Gasteiger partial charge in [-0.15, -0.1) is 5.10 Å². The summed E-state index contributed by atoms with van der Waals surface area (Å²) in [5.74, 6) is -0.0363. The lowest BCUT2D eigenvalue weighted by Gasteiger charge is -2.26. The van der Waals surface area contributed by atoms with Crippen molar-refractivity contribution in [2.24, 2.45) is 0 Å². The first kappa shape index (κ1) is 12.8. The van der Waals surface area contributed by atoms with Crippen molar-refractivity contribution in [1.82, 2.24) is 25.2 Å². The monoisotopic (exact) mass is 271 g/mol. The minimum absolute atomic E-state index is 0.0363. The zero-order valence-electron chi connectivity index (χ0n) is 11.2. The molecule has 6 heteroatoms. The molecule has 1 aromatic heterocycles. The molecule has 1 N–H and O–H groups in total. The highest BCUT2D eigenvalue weighted by molar-refractivity contribution is 5.92. The molecule has 2 heterocycles. The Labute approximate surface area is 117 Å². The highest BCUT2D eigenvalue weighted by atomic mass is 16.2. The molecular formula is C14H17N5O. The summed E-state index contributed by atoms with van der Waals surface area (Å²) >= 11 is 0. The predicted octanol–water partition coefficient (Wildman–Crippen LogP) is 0.372. The lowest BCUT2D eigenvalue weighted by Crippen LogP contribution is -2.46. The Morgan fingerprint density at radius 1 is 1.20 bits per heavy atom. The third kappa shape index (κ3) is 2.85. The Bertz CT molecular complexity index is 574. The average molecular weight is 271 g/mol. The lowest BCUT2D eigenvalue weighted by atomic mass is 10.2. The summed E-state index contributed by atoms with van der Waals surface area (Å²) in [6.45, 7) is 3.76. The first-order chi connectivity index (χ1) is 9.83. The van der Waals surface area contributed by atoms with E-state index in [1.165, 1.54) is 0 Å². The van der Waals surface area contributed by atoms with Gasteiger partial charge in [-0.05, 0) is 5.56 Å². The summed E-state index contributed by atoms with van der Waals surface area (Å²) in [6, 6.07) is 10.0. The van der Waals surface area contributed by atoms with Crippen LogP contribution >= 0.6 is 0 Å². The molecule has 0 radical (unpaired) electrons. The summed E-state index contributed by atoms with van der Waals surface area (Å²) in [6.07, 6.45) is 1.72. The number of carbonyl (C=O) groups is 1. The third-order valence-corrected chi connectivity index (χ3v) is 3.35. The Morgan fingerprint density at radius 3 is 2.70 bits per heavy atom. The fraction of sp³-hybridized carbons (Fsp3) is 0.357. The van der Waals surface area contributed by atoms with Crippen LogP contribution in [0.15, 0.2) is 36.5 Å². The van der Waals surface area contributed by atoms with Gasteiger partial charge in [0.25, 0.3) is 5.91 Å². The molecule has 1 amide bonds. The molecule has 0 aliphatic carbocycles. The quantitative estimate of drug-likeness (QED) is 0.876. The van der Waals surface area contributed by atoms with Gasteiger partial charge in [-0.1, -0.05) is 35.5 Å². The van der Waals surface area contributed by atoms with E-state index in [0.29, 0.717) is 12.2 Å². The minimum Gasteiger partial charge on any atom is -0.335 e. The molecule has 2 aromatic rings. The van der Waals surface area contributed by atoms with Crippen LogP contribution in [-0.2, 0) is 6.54 Å². The second kappa shape index (κ2) is 5.83. The molecule has 0 bridgehead atoms. The molecule has 1 aliphatic rings. The number of aromatic nitrogens is 3. The van der Waals surface area contributed by atoms with E-state index in [4.69, 9.17) is 0 Å². The van der Waals surface area contributed by atoms with Gasteiger partial charge in [0.1, 0.15) is 0 Å². The van der Waals surface area contributed by atoms with Crippen LogP contribution in [0, 0.1) is 0 Å². The Morgan fingerprint density at radius 2 is 1.95 bits per heavy atom. The smallest absolute Gasteiger partial charge is 0.276 e. The number of hydrogen-bond donors (Lipinski definition) is 1. The summed E-state index contributed by atoms with van der Waals surface area (Å²) in [4.78, 5) is 14.1. The maximum Gasteiger partial charge on any atom is 0.276 e. The van der Waals surface area contributed by atoms with Gasteiger partial charge in [-0.3, -0.25) is 4.79 Å². The first-order valence-corrected chi connectivity index (χ1v) is 6.77. The van der Waals surface area contributed by atoms with Crippen LogP contribution in [-0.4, -0.2) is 52.0 Å². The van der Waals surface area contributed by atoms with E-state index in [-0.39, 0.29) is 5.91 Å². The summed E-state index contributed by atoms with van der Waals surface area (Å²) in [5, 5.41) is 11.2. The van der Waals surface area contributed by atoms with Crippen molar-refractivity contribution >= 4 is 5.91 Å². The van der Waals surface area contributed by atoms with E-state index >= 15 is 0 Å². The van der Waals surface area contributed by atoms with E-state index in [9.17, 15) is 4.79 Å². The van der Waals surface area contributed by atoms with Crippen LogP contribution in [0.5, 0.6) is 0 Å². The molecule has 104 valence electrons. The van der Waals surface area contributed by atoms with Crippen molar-refractivity contribution < 1.29 is 4.79 Å². The molecule has 6 nitrogen and oxygen atoms in total. The van der Waals surface area contributed by atoms with E-state index in [0.717, 1.165) is 31.7 Å². The second-order valence-corrected chi connectivity index (χ2v) is 4.83. The average Bonchev–Trinajstić information content (AvgIpc) is 2.97. The molecule has 1 saturated heterocycles. The molecular weight excluding hydrogens is 254 g/mol. The number of rotatable bonds is 3. The number of hydrogen-bond acceptors (Lipinski definition) is 4. The van der Waals surface area contributed by atoms with Gasteiger partial charge in [0.05, 0.1) is 12.7 Å². The molecule has 0 saturated carbocycles. The Kier molecular flexibility index (Phi) is 3.73. The zero-order chi connectivity index (χ0) is 13.8. The van der Waals surface area contributed by atoms with Crippen molar-refractivity contribution in [2.45, 2.75) is 6.54 Å². The van der Waals surface area contributed by atoms with Gasteiger partial charge in [0.2, 0.25) is 0 Å². The normalized spacial score (nSPS) is 15.3. The molecule has 20 heavy (non-hydrogen) atoms. The first-order valence-electron chi connectivity index (χ1n) is 6.77. The second-order valence-electron chi connectivity index (χ2n) is 4.83. The summed E-state index contributed by atoms with van der Waals surface area (Å²) in [5.41, 5.74) is 1.56. The topological polar surface area (TPSA) is 63.1 Å². The lowest BCUT2D eigenvalue weighted by molar-refractivity contribution is 0.0729. The van der Waals surface area contributed by atoms with Gasteiger partial charge in [-0.25, -0.2) is 4.68 Å². The number of amides is 1. The maximum absolute atomic E-state index is 12.2. The van der Waals surface area contributed by atoms with Gasteiger partial charge < -0.3 is 10.2 Å². The Hall–Kier alpha value is -2.21. The van der Waals surface area contributed by atoms with Crippen LogP contribution in [0.1, 0.15) is 16.1 Å². The maximum atomic E-state index is 12.2. The van der Waals surface area contributed by atoms with Gasteiger partial charge in [0.15, 0.2) is 5.69 Å². The standard InChI is InChI=1S/C14H17N5O/c20-14(18-8-6-15-7-9-18)13-11-19(17-16-13)10-12-4-2-1-3-5-12/h1-5,11,15H,6-10H2. The molecule has 3 rings (SSSR count). The molecule has 1 aliphatic heterocycles. The fourth-order valence-electron chi connectivity index (χ4n) is 2.27. The molecule has 0 unspecified atom stereocenters. The third-order valence-electron chi connectivity index (χ3n) is 3.35. The van der Waals surface area contributed by atoms with Crippen molar-refractivity contribution in [3.8, 4) is 0 Å². The predicted molar refractivity (Wildman–Crippen MR) is 74.3 cm³/mol. The Balaban J connectivity index is 1.68. The fourth-order valence-corrected chi connectivity index (χ4v) is 2.27. The number of piperazine rings is 1. The van der Waals surface area contributed by atoms with Gasteiger partial charge in [0, 0.05) is 26.2 Å². The SMILES string of the molecule is O=C(c1cn(Cc2ccccc2)nn1)N1CCNCC1. The molecule has 1 fully saturated rings. The number of carbonyl (C=O) groups excluding carboxylic acids is 1. The van der Waals surface area contributed by atoms with Crippen LogP contribution in [0.4, 0.5) is 0 Å². The van der Waals surface area contributed by atoms with Crippen molar-refractivity contribution in [3.05, 3.63) is 47.8 Å². The van der Waals surface area contributed by atoms with Crippen LogP contribution in [0.2, 0.25) is 0 Å². The van der Waals surface area contributed by atoms with E-state index in [1.807, 2.05) is 35.2 Å². The number of benzene rings is 1. The van der Waals surface area contributed by atoms with Crippen LogP contribution in [0.3, 0.4) is 0 Å². The molecule has 0 atom stereocenters. The highest BCUT2D eigenvalue weighted by Crippen LogP contribution is 2.05. The summed E-state index contributed by atoms with van der Waals surface area (Å²) < 4.78 is 1.70. The van der Waals surface area contributed by atoms with Crippen molar-refractivity contribution in [3.63, 3.8) is 0 Å². The van der Waals surface area contributed by atoms with Gasteiger partial charge >= 0.3 is 0 Å². The number of nitrogens with one attached hydrogen (secondary N) is 1. The van der Waals surface area contributed by atoms with Crippen LogP contribution < -0.4 is 5.32 Å². The molecule has 1 aromatic carbocycles. The minimum atomic E-state index is -0.0363. The summed E-state index contributed by atoms with van der Waals surface area (Å²) in [7, 11) is 0.